The summed E-state index contributed by atoms with van der Waals surface area (Å²) in [5.74, 6) is -19.4. The molecule has 2 N–H and O–H groups in total. The smallest absolute Gasteiger partial charge is 0.431 e. The second-order valence-corrected chi connectivity index (χ2v) is 24.5. The van der Waals surface area contributed by atoms with Gasteiger partial charge in [-0.1, -0.05) is 115 Å². The first-order valence-electron chi connectivity index (χ1n) is 23.4. The molecule has 0 bridgehead atoms. The number of carboxylic acid groups (broad SMARTS) is 3. The van der Waals surface area contributed by atoms with Gasteiger partial charge in [-0.15, -0.1) is 0 Å². The van der Waals surface area contributed by atoms with Gasteiger partial charge in [-0.25, -0.2) is 8.78 Å². The number of carbonyl (C=O) groups is 3. The Morgan fingerprint density at radius 3 is 0.851 bits per heavy atom. The summed E-state index contributed by atoms with van der Waals surface area (Å²) < 4.78 is 198. The second kappa shape index (κ2) is 30.6. The van der Waals surface area contributed by atoms with Gasteiger partial charge in [0.25, 0.3) is 11.2 Å². The number of benzene rings is 8. The maximum absolute atomic E-state index is 12.8. The highest BCUT2D eigenvalue weighted by molar-refractivity contribution is 7.50. The molecule has 0 radical (unpaired) electrons. The Labute approximate surface area is 503 Å². The van der Waals surface area contributed by atoms with E-state index in [2.05, 4.69) is 200 Å². The van der Waals surface area contributed by atoms with Gasteiger partial charge in [0.15, 0.2) is 40.2 Å². The Morgan fingerprint density at radius 1 is 0.391 bits per heavy atom. The minimum absolute atomic E-state index is 0.0287. The number of nitro groups is 1. The van der Waals surface area contributed by atoms with E-state index in [0.717, 1.165) is 0 Å². The molecule has 0 aliphatic rings. The minimum atomic E-state index is -6.37. The number of nitrogens with zero attached hydrogens (tertiary/aromatic N) is 1. The third-order valence-corrected chi connectivity index (χ3v) is 18.4. The van der Waals surface area contributed by atoms with Crippen LogP contribution in [0.2, 0.25) is 0 Å². The number of aliphatic carboxylic acids is 2. The lowest BCUT2D eigenvalue weighted by molar-refractivity contribution is -0.597. The van der Waals surface area contributed by atoms with Crippen LogP contribution in [0.4, 0.5) is 75.9 Å². The average molecular weight is 1480 g/mol. The lowest BCUT2D eigenvalue weighted by Crippen LogP contribution is -3.61. The molecule has 8 aromatic carbocycles. The van der Waals surface area contributed by atoms with Crippen LogP contribution in [0, 0.1) is 47.7 Å². The van der Waals surface area contributed by atoms with Crippen LogP contribution in [0.15, 0.2) is 200 Å². The molecule has 0 aliphatic carbocycles. The van der Waals surface area contributed by atoms with E-state index in [0.29, 0.717) is 0 Å². The van der Waals surface area contributed by atoms with Gasteiger partial charge in [-0.2, -0.15) is 61.5 Å². The van der Waals surface area contributed by atoms with E-state index in [4.69, 9.17) is 10.2 Å². The van der Waals surface area contributed by atoms with Crippen molar-refractivity contribution in [1.29, 1.82) is 0 Å². The highest BCUT2D eigenvalue weighted by Crippen LogP contribution is 2.48. The average Bonchev–Trinajstić information content (AvgIpc) is 1.96. The van der Waals surface area contributed by atoms with Crippen LogP contribution in [0.3, 0.4) is 0 Å². The largest absolute Gasteiger partial charge is 0.546 e. The Kier molecular flexibility index (Phi) is 25.2. The van der Waals surface area contributed by atoms with Crippen LogP contribution in [0.25, 0.3) is 25.1 Å². The normalized spacial score (nSPS) is 11.6. The molecular weight excluding hydrogens is 1450 g/mol. The first-order chi connectivity index (χ1) is 40.5. The molecule has 87 heavy (non-hydrogen) atoms. The van der Waals surface area contributed by atoms with Crippen molar-refractivity contribution in [3.05, 3.63) is 253 Å². The molecule has 0 aliphatic heterocycles. The highest BCUT2D eigenvalue weighted by Gasteiger charge is 2.72. The van der Waals surface area contributed by atoms with Crippen molar-refractivity contribution in [3.63, 3.8) is 0 Å². The van der Waals surface area contributed by atoms with Crippen molar-refractivity contribution in [1.82, 2.24) is 0 Å². The quantitative estimate of drug-likeness (QED) is 0.0491. The minimum Gasteiger partial charge on any atom is -0.546 e. The molecule has 0 saturated carbocycles. The molecule has 460 valence electrons. The molecule has 9 aromatic rings. The lowest BCUT2D eigenvalue weighted by Gasteiger charge is -2.32. The van der Waals surface area contributed by atoms with Gasteiger partial charge in [0.05, 0.1) is 28.4 Å². The van der Waals surface area contributed by atoms with Gasteiger partial charge in [0.2, 0.25) is 11.6 Å². The Bertz CT molecular complexity index is 3400. The van der Waals surface area contributed by atoms with Crippen LogP contribution in [-0.4, -0.2) is 69.0 Å². The van der Waals surface area contributed by atoms with Crippen LogP contribution in [-0.2, 0) is 9.59 Å². The summed E-state index contributed by atoms with van der Waals surface area (Å²) >= 11 is 0.0574. The number of fused-ring (bicyclic) bond motifs is 3. The highest BCUT2D eigenvalue weighted by atomic mass is 127. The van der Waals surface area contributed by atoms with E-state index in [9.17, 15) is 110 Å². The Hall–Kier alpha value is -7.95. The number of halogens is 18. The number of carboxylic acids is 3. The zero-order chi connectivity index (χ0) is 65.3. The second-order valence-electron chi connectivity index (χ2n) is 16.5. The third-order valence-electron chi connectivity index (χ3n) is 10.7. The van der Waals surface area contributed by atoms with Crippen molar-refractivity contribution in [2.45, 2.75) is 35.9 Å². The summed E-state index contributed by atoms with van der Waals surface area (Å²) in [6.45, 7) is 0. The molecule has 1 aromatic heterocycles. The summed E-state index contributed by atoms with van der Waals surface area (Å²) in [6.07, 6.45) is -25.5. The molecule has 9 rings (SSSR count). The number of hydrogen-bond donors (Lipinski definition) is 2. The van der Waals surface area contributed by atoms with Gasteiger partial charge < -0.3 is 39.9 Å². The summed E-state index contributed by atoms with van der Waals surface area (Å²) in [4.78, 5) is 38.9. The molecule has 0 amide bonds. The number of rotatable bonds is 9. The van der Waals surface area contributed by atoms with E-state index in [1.807, 2.05) is 0 Å². The van der Waals surface area contributed by atoms with Crippen molar-refractivity contribution in [2.24, 2.45) is 0 Å². The molecule has 1 heterocycles. The zero-order valence-electron chi connectivity index (χ0n) is 42.9. The standard InChI is InChI=1S/C18H13S.2C12H10I.C7HF4NO4.2C4H2F6O3/c1-2-8-14(9-3-1)19-17-12-6-4-10-15(17)16-11-5-7-13-18(16)19;2*1-3-7-11(8-4-1)13-12-9-5-2-6-10-12;8-2-1(7(13)14)3(9)5(11)6(4(2)10)12(15)16;2*5-3(6,7)2(13,1(11)12)4(8,9)10/h1-13H;2*1-10H;(H,13,14);2*13H,(H,11,12)/q3*+1;;;/p-3. The number of alkyl halides is 12. The summed E-state index contributed by atoms with van der Waals surface area (Å²) in [5.41, 5.74) is -15.8. The molecular formula is C57H35F16I2NO10S. The van der Waals surface area contributed by atoms with Gasteiger partial charge in [0.1, 0.15) is 0 Å². The van der Waals surface area contributed by atoms with Crippen LogP contribution < -0.4 is 57.7 Å². The fourth-order valence-corrected chi connectivity index (χ4v) is 13.5. The number of thiophene rings is 1. The van der Waals surface area contributed by atoms with Gasteiger partial charge in [-0.3, -0.25) is 10.1 Å². The number of nitro benzene ring substituents is 1. The van der Waals surface area contributed by atoms with Gasteiger partial charge in [-0.05, 0) is 84.9 Å². The molecule has 0 fully saturated rings. The van der Waals surface area contributed by atoms with E-state index in [1.54, 1.807) is 0 Å². The van der Waals surface area contributed by atoms with E-state index >= 15 is 0 Å². The molecule has 0 unspecified atom stereocenters. The zero-order valence-corrected chi connectivity index (χ0v) is 48.0. The Balaban J connectivity index is 0.000000225. The SMILES string of the molecule is O=C([O-])C(O)(C(F)(F)F)C(F)(F)F.O=C([O-])C(O)(C(F)(F)F)C(F)(F)F.O=C([O-])c1c(F)c(F)c([N+](=O)[O-])c(F)c1F.c1ccc(-[s+]2c3ccccc3c3ccccc32)cc1.c1ccc([I+]c2ccccc2)cc1.c1ccc([I+]c2ccccc2)cc1. The first kappa shape index (κ1) is 71.5. The molecule has 0 atom stereocenters. The first-order valence-corrected chi connectivity index (χ1v) is 28.9. The fraction of sp³-hybridized carbons (Fsp3) is 0.105. The van der Waals surface area contributed by atoms with Crippen molar-refractivity contribution < 1.29 is 157 Å². The summed E-state index contributed by atoms with van der Waals surface area (Å²) in [6, 6.07) is 71.2. The number of carbonyl (C=O) groups excluding carboxylic acids is 3. The maximum Gasteiger partial charge on any atom is 0.431 e. The predicted octanol–water partition coefficient (Wildman–Crippen LogP) is 5.06. The number of aromatic carboxylic acids is 1. The monoisotopic (exact) mass is 1480 g/mol. The summed E-state index contributed by atoms with van der Waals surface area (Å²) in [5, 5.41) is 57.7. The number of aliphatic hydroxyl groups is 2. The molecule has 30 heteroatoms. The van der Waals surface area contributed by atoms with Crippen LogP contribution in [0.1, 0.15) is 10.4 Å². The van der Waals surface area contributed by atoms with Gasteiger partial charge in [0, 0.05) is 21.2 Å². The fourth-order valence-electron chi connectivity index (χ4n) is 6.57. The van der Waals surface area contributed by atoms with E-state index in [-0.39, 0.29) is 52.9 Å². The predicted molar refractivity (Wildman–Crippen MR) is 267 cm³/mol. The summed E-state index contributed by atoms with van der Waals surface area (Å²) in [7, 11) is 0.0594. The maximum atomic E-state index is 12.8. The number of hydrogen-bond acceptors (Lipinski definition) is 10. The Morgan fingerprint density at radius 2 is 0.632 bits per heavy atom. The molecule has 11 nitrogen and oxygen atoms in total. The van der Waals surface area contributed by atoms with Crippen molar-refractivity contribution in [3.8, 4) is 4.90 Å². The van der Waals surface area contributed by atoms with Crippen molar-refractivity contribution >= 4 is 54.2 Å². The van der Waals surface area contributed by atoms with Crippen molar-refractivity contribution in [2.75, 3.05) is 0 Å². The van der Waals surface area contributed by atoms with E-state index in [1.165, 1.54) is 39.3 Å². The third kappa shape index (κ3) is 18.1. The van der Waals surface area contributed by atoms with Crippen LogP contribution >= 0.6 is 10.5 Å². The topological polar surface area (TPSA) is 204 Å². The molecule has 0 spiro atoms. The van der Waals surface area contributed by atoms with E-state index < -0.39 is 93.3 Å². The van der Waals surface area contributed by atoms with Gasteiger partial charge >= 0.3 is 72.8 Å². The molecule has 0 saturated heterocycles. The van der Waals surface area contributed by atoms with Crippen LogP contribution in [0.5, 0.6) is 0 Å². The lowest BCUT2D eigenvalue weighted by atomic mass is 10.0.